The Balaban J connectivity index is 1.99. The lowest BCUT2D eigenvalue weighted by Gasteiger charge is -2.69. The van der Waals surface area contributed by atoms with Crippen LogP contribution in [0.15, 0.2) is 72.8 Å². The van der Waals surface area contributed by atoms with Gasteiger partial charge in [-0.1, -0.05) is 67.4 Å². The van der Waals surface area contributed by atoms with Crippen molar-refractivity contribution in [3.63, 3.8) is 0 Å². The minimum absolute atomic E-state index is 0.225. The summed E-state index contributed by atoms with van der Waals surface area (Å²) < 4.78 is 29.4. The van der Waals surface area contributed by atoms with Crippen LogP contribution in [0.4, 0.5) is 5.69 Å². The summed E-state index contributed by atoms with van der Waals surface area (Å²) in [6, 6.07) is 20.5. The highest BCUT2D eigenvalue weighted by molar-refractivity contribution is 7.92. The third-order valence-electron chi connectivity index (χ3n) is 8.19. The molecule has 0 aliphatic carbocycles. The van der Waals surface area contributed by atoms with Gasteiger partial charge in [-0.3, -0.25) is 18.8 Å². The number of halogens is 2. The van der Waals surface area contributed by atoms with Gasteiger partial charge >= 0.3 is 0 Å². The van der Waals surface area contributed by atoms with Crippen LogP contribution >= 0.6 is 23.2 Å². The Morgan fingerprint density at radius 3 is 2.05 bits per heavy atom. The third kappa shape index (κ3) is 5.39. The van der Waals surface area contributed by atoms with Gasteiger partial charge in [0.1, 0.15) is 11.6 Å². The third-order valence-corrected chi connectivity index (χ3v) is 9.88. The fourth-order valence-corrected chi connectivity index (χ4v) is 8.03. The van der Waals surface area contributed by atoms with Crippen molar-refractivity contribution in [3.05, 3.63) is 99.5 Å². The maximum atomic E-state index is 14.0. The molecule has 224 valence electrons. The molecule has 4 rings (SSSR count). The number of nitrogens with zero attached hydrogens (tertiary/aromatic N) is 2. The lowest BCUT2D eigenvalue weighted by molar-refractivity contribution is -0.122. The molecule has 1 aliphatic heterocycles. The second-order valence-electron chi connectivity index (χ2n) is 10.5. The van der Waals surface area contributed by atoms with E-state index in [1.165, 1.54) is 17.6 Å². The van der Waals surface area contributed by atoms with Crippen molar-refractivity contribution >= 4 is 50.7 Å². The van der Waals surface area contributed by atoms with Crippen LogP contribution in [0, 0.1) is 0 Å². The standard InChI is InChI=1S/C31H36Cl2N4O4S/c1-6-30(23-11-15-25(32)16-12-23)31(20-36(30)7-2,24-13-17-26(33)18-14-24)37(42(5,40)41)27-10-8-9-22(19-27)29(39)35-21(3)28(38)34-4/h8-19,21H,6-7,20H2,1-5H3,(H,34,38)(H,35,39)/t21-,30?,31?/m0/s1. The summed E-state index contributed by atoms with van der Waals surface area (Å²) in [7, 11) is -2.46. The molecular weight excluding hydrogens is 595 g/mol. The summed E-state index contributed by atoms with van der Waals surface area (Å²) in [6.45, 7) is 6.73. The van der Waals surface area contributed by atoms with Crippen molar-refractivity contribution in [2.24, 2.45) is 0 Å². The summed E-state index contributed by atoms with van der Waals surface area (Å²) >= 11 is 12.6. The van der Waals surface area contributed by atoms with E-state index in [0.717, 1.165) is 11.1 Å². The van der Waals surface area contributed by atoms with E-state index in [1.54, 1.807) is 43.3 Å². The molecule has 1 aliphatic rings. The SMILES string of the molecule is CCN1CC(c2ccc(Cl)cc2)(N(c2cccc(C(=O)N[C@@H](C)C(=O)NC)c2)S(C)(=O)=O)C1(CC)c1ccc(Cl)cc1. The van der Waals surface area contributed by atoms with Gasteiger partial charge in [-0.15, -0.1) is 0 Å². The molecule has 2 unspecified atom stereocenters. The number of likely N-dealkylation sites (tertiary alicyclic amines) is 1. The normalized spacial score (nSPS) is 21.2. The molecule has 42 heavy (non-hydrogen) atoms. The highest BCUT2D eigenvalue weighted by atomic mass is 35.5. The molecule has 1 fully saturated rings. The van der Waals surface area contributed by atoms with Crippen molar-refractivity contribution in [3.8, 4) is 0 Å². The molecule has 1 saturated heterocycles. The van der Waals surface area contributed by atoms with E-state index in [4.69, 9.17) is 23.2 Å². The molecule has 2 N–H and O–H groups in total. The van der Waals surface area contributed by atoms with E-state index in [0.29, 0.717) is 35.2 Å². The zero-order valence-corrected chi connectivity index (χ0v) is 26.6. The number of nitrogens with one attached hydrogen (secondary N) is 2. The zero-order valence-electron chi connectivity index (χ0n) is 24.3. The smallest absolute Gasteiger partial charge is 0.251 e. The second kappa shape index (κ2) is 12.2. The van der Waals surface area contributed by atoms with Crippen LogP contribution in [0.25, 0.3) is 0 Å². The Kier molecular flexibility index (Phi) is 9.28. The van der Waals surface area contributed by atoms with Crippen LogP contribution in [0.3, 0.4) is 0 Å². The van der Waals surface area contributed by atoms with E-state index in [9.17, 15) is 18.0 Å². The Morgan fingerprint density at radius 2 is 1.55 bits per heavy atom. The molecular formula is C31H36Cl2N4O4S. The first-order valence-corrected chi connectivity index (χ1v) is 16.4. The monoisotopic (exact) mass is 630 g/mol. The van der Waals surface area contributed by atoms with E-state index >= 15 is 0 Å². The van der Waals surface area contributed by atoms with E-state index in [2.05, 4.69) is 22.5 Å². The van der Waals surface area contributed by atoms with E-state index < -0.39 is 33.1 Å². The van der Waals surface area contributed by atoms with Crippen molar-refractivity contribution in [1.29, 1.82) is 0 Å². The molecule has 0 bridgehead atoms. The maximum absolute atomic E-state index is 14.0. The Morgan fingerprint density at radius 1 is 0.976 bits per heavy atom. The number of carbonyl (C=O) groups excluding carboxylic acids is 2. The van der Waals surface area contributed by atoms with Crippen LogP contribution in [0.5, 0.6) is 0 Å². The summed E-state index contributed by atoms with van der Waals surface area (Å²) in [6.07, 6.45) is 1.75. The maximum Gasteiger partial charge on any atom is 0.251 e. The summed E-state index contributed by atoms with van der Waals surface area (Å²) in [5, 5.41) is 6.30. The molecule has 11 heteroatoms. The van der Waals surface area contributed by atoms with Crippen LogP contribution in [0.2, 0.25) is 10.0 Å². The second-order valence-corrected chi connectivity index (χ2v) is 13.2. The van der Waals surface area contributed by atoms with Crippen molar-refractivity contribution < 1.29 is 18.0 Å². The minimum atomic E-state index is -3.95. The van der Waals surface area contributed by atoms with Crippen LogP contribution in [-0.4, -0.2) is 57.6 Å². The molecule has 0 aromatic heterocycles. The quantitative estimate of drug-likeness (QED) is 0.322. The fourth-order valence-electron chi connectivity index (χ4n) is 6.40. The summed E-state index contributed by atoms with van der Waals surface area (Å²) in [5.41, 5.74) is 0.323. The lowest BCUT2D eigenvalue weighted by atomic mass is 9.58. The van der Waals surface area contributed by atoms with Gasteiger partial charge in [-0.05, 0) is 73.5 Å². The number of benzene rings is 3. The molecule has 0 radical (unpaired) electrons. The molecule has 3 aromatic carbocycles. The van der Waals surface area contributed by atoms with E-state index in [1.807, 2.05) is 43.3 Å². The van der Waals surface area contributed by atoms with Gasteiger partial charge in [0.05, 0.1) is 17.5 Å². The van der Waals surface area contributed by atoms with Crippen LogP contribution in [0.1, 0.15) is 48.7 Å². The fraction of sp³-hybridized carbons (Fsp3) is 0.355. The Labute approximate surface area is 258 Å². The largest absolute Gasteiger partial charge is 0.357 e. The average Bonchev–Trinajstić information content (AvgIpc) is 2.95. The number of sulfonamides is 1. The lowest BCUT2D eigenvalue weighted by Crippen LogP contribution is -2.80. The summed E-state index contributed by atoms with van der Waals surface area (Å²) in [5.74, 6) is -0.839. The first-order chi connectivity index (χ1) is 19.8. The molecule has 1 heterocycles. The van der Waals surface area contributed by atoms with Gasteiger partial charge in [0.15, 0.2) is 0 Å². The van der Waals surface area contributed by atoms with Gasteiger partial charge in [-0.25, -0.2) is 8.42 Å². The summed E-state index contributed by atoms with van der Waals surface area (Å²) in [4.78, 5) is 27.5. The van der Waals surface area contributed by atoms with Crippen molar-refractivity contribution in [1.82, 2.24) is 15.5 Å². The van der Waals surface area contributed by atoms with Crippen molar-refractivity contribution in [2.75, 3.05) is 30.7 Å². The Hall–Kier alpha value is -3.11. The predicted octanol–water partition coefficient (Wildman–Crippen LogP) is 5.16. The average molecular weight is 632 g/mol. The number of rotatable bonds is 10. The molecule has 2 amide bonds. The Bertz CT molecular complexity index is 1570. The van der Waals surface area contributed by atoms with Crippen LogP contribution in [-0.2, 0) is 25.9 Å². The minimum Gasteiger partial charge on any atom is -0.357 e. The first-order valence-electron chi connectivity index (χ1n) is 13.8. The number of amides is 2. The first kappa shape index (κ1) is 31.8. The molecule has 3 aromatic rings. The van der Waals surface area contributed by atoms with Crippen molar-refractivity contribution in [2.45, 2.75) is 44.3 Å². The highest BCUT2D eigenvalue weighted by Crippen LogP contribution is 2.60. The van der Waals surface area contributed by atoms with Gasteiger partial charge in [0.2, 0.25) is 15.9 Å². The zero-order chi connectivity index (χ0) is 30.9. The van der Waals surface area contributed by atoms with Gasteiger partial charge in [-0.2, -0.15) is 0 Å². The molecule has 0 spiro atoms. The number of anilines is 1. The van der Waals surface area contributed by atoms with Gasteiger partial charge in [0.25, 0.3) is 5.91 Å². The molecule has 8 nitrogen and oxygen atoms in total. The van der Waals surface area contributed by atoms with Gasteiger partial charge in [0, 0.05) is 29.2 Å². The van der Waals surface area contributed by atoms with Gasteiger partial charge < -0.3 is 10.6 Å². The topological polar surface area (TPSA) is 98.8 Å². The highest BCUT2D eigenvalue weighted by Gasteiger charge is 2.69. The number of hydrogen-bond donors (Lipinski definition) is 2. The van der Waals surface area contributed by atoms with E-state index in [-0.39, 0.29) is 11.5 Å². The predicted molar refractivity (Wildman–Crippen MR) is 169 cm³/mol. The van der Waals surface area contributed by atoms with Crippen LogP contribution < -0.4 is 14.9 Å². The number of carbonyl (C=O) groups is 2. The number of hydrogen-bond acceptors (Lipinski definition) is 5. The number of likely N-dealkylation sites (N-methyl/N-ethyl adjacent to an activating group) is 2. The molecule has 3 atom stereocenters. The molecule has 0 saturated carbocycles.